The SMILES string of the molecule is C[C@@H](c1ccccc1)n1c(-c2cc(C(C)(C)C)[nH]n2)n[nH]c1=S. The van der Waals surface area contributed by atoms with Crippen LogP contribution >= 0.6 is 12.2 Å². The fourth-order valence-electron chi connectivity index (χ4n) is 2.55. The Morgan fingerprint density at radius 3 is 2.39 bits per heavy atom. The van der Waals surface area contributed by atoms with Gasteiger partial charge in [0.05, 0.1) is 6.04 Å². The molecule has 2 N–H and O–H groups in total. The Labute approximate surface area is 140 Å². The molecular formula is C17H21N5S. The van der Waals surface area contributed by atoms with Crippen LogP contribution in [0.3, 0.4) is 0 Å². The summed E-state index contributed by atoms with van der Waals surface area (Å²) in [4.78, 5) is 0. The van der Waals surface area contributed by atoms with Crippen molar-refractivity contribution in [2.45, 2.75) is 39.2 Å². The second-order valence-corrected chi connectivity index (χ2v) is 7.11. The van der Waals surface area contributed by atoms with Gasteiger partial charge in [-0.2, -0.15) is 10.2 Å². The third kappa shape index (κ3) is 2.99. The van der Waals surface area contributed by atoms with Crippen LogP contribution in [0, 0.1) is 4.77 Å². The zero-order valence-electron chi connectivity index (χ0n) is 13.8. The number of nitrogens with zero attached hydrogens (tertiary/aromatic N) is 3. The van der Waals surface area contributed by atoms with Gasteiger partial charge in [-0.3, -0.25) is 14.8 Å². The molecule has 0 amide bonds. The summed E-state index contributed by atoms with van der Waals surface area (Å²) in [5.74, 6) is 0.748. The maximum atomic E-state index is 5.44. The second-order valence-electron chi connectivity index (χ2n) is 6.73. The lowest BCUT2D eigenvalue weighted by molar-refractivity contribution is 0.567. The van der Waals surface area contributed by atoms with Gasteiger partial charge in [0, 0.05) is 11.1 Å². The average Bonchev–Trinajstić information content (AvgIpc) is 3.13. The summed E-state index contributed by atoms with van der Waals surface area (Å²) in [6.07, 6.45) is 0. The molecule has 0 unspecified atom stereocenters. The van der Waals surface area contributed by atoms with Crippen molar-refractivity contribution in [3.63, 3.8) is 0 Å². The van der Waals surface area contributed by atoms with Crippen LogP contribution in [0.15, 0.2) is 36.4 Å². The van der Waals surface area contributed by atoms with E-state index in [0.717, 1.165) is 17.2 Å². The van der Waals surface area contributed by atoms with Gasteiger partial charge in [-0.25, -0.2) is 0 Å². The van der Waals surface area contributed by atoms with E-state index in [0.29, 0.717) is 4.77 Å². The molecule has 0 aliphatic carbocycles. The highest BCUT2D eigenvalue weighted by molar-refractivity contribution is 7.71. The van der Waals surface area contributed by atoms with Crippen LogP contribution in [0.4, 0.5) is 0 Å². The van der Waals surface area contributed by atoms with Gasteiger partial charge in [0.2, 0.25) is 0 Å². The van der Waals surface area contributed by atoms with E-state index in [2.05, 4.69) is 60.2 Å². The zero-order valence-corrected chi connectivity index (χ0v) is 14.6. The molecule has 0 saturated heterocycles. The zero-order chi connectivity index (χ0) is 16.6. The highest BCUT2D eigenvalue weighted by Crippen LogP contribution is 2.27. The van der Waals surface area contributed by atoms with Crippen molar-refractivity contribution in [2.24, 2.45) is 0 Å². The van der Waals surface area contributed by atoms with Crippen LogP contribution in [0.2, 0.25) is 0 Å². The lowest BCUT2D eigenvalue weighted by Crippen LogP contribution is -2.11. The fourth-order valence-corrected chi connectivity index (χ4v) is 2.84. The summed E-state index contributed by atoms with van der Waals surface area (Å²) >= 11 is 5.44. The standard InChI is InChI=1S/C17H21N5S/c1-11(12-8-6-5-7-9-12)22-15(20-21-16(22)23)13-10-14(19-18-13)17(2,3)4/h5-11H,1-4H3,(H,18,19)(H,21,23)/t11-/m0/s1. The van der Waals surface area contributed by atoms with Crippen LogP contribution in [-0.2, 0) is 5.41 Å². The second kappa shape index (κ2) is 5.77. The molecule has 1 atom stereocenters. The molecule has 3 rings (SSSR count). The maximum Gasteiger partial charge on any atom is 0.196 e. The minimum absolute atomic E-state index is 0.00816. The van der Waals surface area contributed by atoms with Gasteiger partial charge in [0.25, 0.3) is 0 Å². The number of aromatic amines is 2. The lowest BCUT2D eigenvalue weighted by Gasteiger charge is -2.15. The van der Waals surface area contributed by atoms with Crippen molar-refractivity contribution in [2.75, 3.05) is 0 Å². The number of benzene rings is 1. The Hall–Kier alpha value is -2.21. The van der Waals surface area contributed by atoms with Crippen molar-refractivity contribution in [3.05, 3.63) is 52.4 Å². The van der Waals surface area contributed by atoms with Crippen LogP contribution in [0.5, 0.6) is 0 Å². The number of aromatic nitrogens is 5. The third-order valence-corrected chi connectivity index (χ3v) is 4.28. The molecule has 2 heterocycles. The maximum absolute atomic E-state index is 5.44. The van der Waals surface area contributed by atoms with E-state index in [-0.39, 0.29) is 11.5 Å². The molecule has 120 valence electrons. The first-order chi connectivity index (χ1) is 10.9. The van der Waals surface area contributed by atoms with Gasteiger partial charge in [0.15, 0.2) is 10.6 Å². The average molecular weight is 327 g/mol. The molecule has 5 nitrogen and oxygen atoms in total. The van der Waals surface area contributed by atoms with E-state index in [1.54, 1.807) is 0 Å². The molecule has 0 radical (unpaired) electrons. The number of rotatable bonds is 3. The van der Waals surface area contributed by atoms with Gasteiger partial charge >= 0.3 is 0 Å². The van der Waals surface area contributed by atoms with Crippen molar-refractivity contribution < 1.29 is 0 Å². The van der Waals surface area contributed by atoms with E-state index in [9.17, 15) is 0 Å². The molecule has 3 aromatic rings. The summed E-state index contributed by atoms with van der Waals surface area (Å²) in [7, 11) is 0. The minimum atomic E-state index is 0.00816. The first kappa shape index (κ1) is 15.7. The number of H-pyrrole nitrogens is 2. The third-order valence-electron chi connectivity index (χ3n) is 3.99. The van der Waals surface area contributed by atoms with Crippen LogP contribution in [0.1, 0.15) is 45.0 Å². The molecule has 23 heavy (non-hydrogen) atoms. The Kier molecular flexibility index (Phi) is 3.93. The minimum Gasteiger partial charge on any atom is -0.291 e. The molecular weight excluding hydrogens is 306 g/mol. The predicted octanol–water partition coefficient (Wildman–Crippen LogP) is 4.24. The van der Waals surface area contributed by atoms with Gasteiger partial charge in [-0.15, -0.1) is 0 Å². The molecule has 1 aromatic carbocycles. The van der Waals surface area contributed by atoms with Crippen molar-refractivity contribution >= 4 is 12.2 Å². The van der Waals surface area contributed by atoms with Gasteiger partial charge < -0.3 is 0 Å². The van der Waals surface area contributed by atoms with Gasteiger partial charge in [-0.1, -0.05) is 51.1 Å². The van der Waals surface area contributed by atoms with E-state index >= 15 is 0 Å². The summed E-state index contributed by atoms with van der Waals surface area (Å²) in [5, 5.41) is 14.8. The smallest absolute Gasteiger partial charge is 0.196 e. The molecule has 2 aromatic heterocycles. The summed E-state index contributed by atoms with van der Waals surface area (Å²) in [5.41, 5.74) is 3.05. The largest absolute Gasteiger partial charge is 0.291 e. The molecule has 0 saturated carbocycles. The number of hydrogen-bond donors (Lipinski definition) is 2. The normalized spacial score (nSPS) is 13.2. The summed E-state index contributed by atoms with van der Waals surface area (Å²) < 4.78 is 2.60. The van der Waals surface area contributed by atoms with Crippen LogP contribution in [0.25, 0.3) is 11.5 Å². The topological polar surface area (TPSA) is 62.3 Å². The highest BCUT2D eigenvalue weighted by atomic mass is 32.1. The Morgan fingerprint density at radius 1 is 1.09 bits per heavy atom. The predicted molar refractivity (Wildman–Crippen MR) is 93.9 cm³/mol. The van der Waals surface area contributed by atoms with E-state index in [1.807, 2.05) is 28.8 Å². The number of nitrogens with one attached hydrogen (secondary N) is 2. The van der Waals surface area contributed by atoms with Crippen molar-refractivity contribution in [3.8, 4) is 11.5 Å². The Morgan fingerprint density at radius 2 is 1.78 bits per heavy atom. The van der Waals surface area contributed by atoms with Crippen LogP contribution in [-0.4, -0.2) is 25.0 Å². The monoisotopic (exact) mass is 327 g/mol. The summed E-state index contributed by atoms with van der Waals surface area (Å²) in [6.45, 7) is 8.55. The van der Waals surface area contributed by atoms with E-state index in [4.69, 9.17) is 12.2 Å². The molecule has 0 spiro atoms. The van der Waals surface area contributed by atoms with Crippen molar-refractivity contribution in [1.29, 1.82) is 0 Å². The Balaban J connectivity index is 2.06. The fraction of sp³-hybridized carbons (Fsp3) is 0.353. The quantitative estimate of drug-likeness (QED) is 0.707. The van der Waals surface area contributed by atoms with Gasteiger partial charge in [-0.05, 0) is 30.8 Å². The Bertz CT molecular complexity index is 851. The van der Waals surface area contributed by atoms with Gasteiger partial charge in [0.1, 0.15) is 5.69 Å². The summed E-state index contributed by atoms with van der Waals surface area (Å²) in [6, 6.07) is 12.4. The van der Waals surface area contributed by atoms with Crippen LogP contribution < -0.4 is 0 Å². The molecule has 0 fully saturated rings. The molecule has 6 heteroatoms. The van der Waals surface area contributed by atoms with Crippen molar-refractivity contribution in [1.82, 2.24) is 25.0 Å². The number of hydrogen-bond acceptors (Lipinski definition) is 3. The molecule has 0 aliphatic heterocycles. The molecule has 0 aliphatic rings. The first-order valence-corrected chi connectivity index (χ1v) is 8.07. The van der Waals surface area contributed by atoms with E-state index < -0.39 is 0 Å². The first-order valence-electron chi connectivity index (χ1n) is 7.66. The highest BCUT2D eigenvalue weighted by Gasteiger charge is 2.21. The molecule has 0 bridgehead atoms. The lowest BCUT2D eigenvalue weighted by atomic mass is 9.92. The van der Waals surface area contributed by atoms with E-state index in [1.165, 1.54) is 5.56 Å².